The number of likely N-dealkylation sites (tertiary alicyclic amines) is 1. The zero-order chi connectivity index (χ0) is 15.6. The Balaban J connectivity index is 1.84. The van der Waals surface area contributed by atoms with Crippen molar-refractivity contribution in [3.63, 3.8) is 0 Å². The number of carboxylic acid groups (broad SMARTS) is 1. The summed E-state index contributed by atoms with van der Waals surface area (Å²) < 4.78 is 25.5. The molecule has 0 atom stereocenters. The quantitative estimate of drug-likeness (QED) is 0.751. The molecule has 8 heteroatoms. The van der Waals surface area contributed by atoms with E-state index in [-0.39, 0.29) is 37.9 Å². The summed E-state index contributed by atoms with van der Waals surface area (Å²) in [6, 6.07) is 0. The second-order valence-electron chi connectivity index (χ2n) is 5.86. The van der Waals surface area contributed by atoms with Gasteiger partial charge in [-0.05, 0) is 12.8 Å². The Bertz CT molecular complexity index is 507. The summed E-state index contributed by atoms with van der Waals surface area (Å²) in [7, 11) is -2.12. The summed E-state index contributed by atoms with van der Waals surface area (Å²) in [5, 5.41) is 8.00. The van der Waals surface area contributed by atoms with Crippen LogP contribution in [0.15, 0.2) is 0 Å². The van der Waals surface area contributed by atoms with Gasteiger partial charge >= 0.3 is 5.97 Å². The van der Waals surface area contributed by atoms with Crippen molar-refractivity contribution in [1.82, 2.24) is 9.21 Å². The average molecular weight is 318 g/mol. The molecule has 120 valence electrons. The number of nitrogens with zero attached hydrogens (tertiary/aromatic N) is 2. The van der Waals surface area contributed by atoms with E-state index in [4.69, 9.17) is 5.11 Å². The SMILES string of the molecule is CN(CCC(=O)O)S(=O)(=O)C1CN(C(=O)C2CCCC2)C1. The lowest BCUT2D eigenvalue weighted by atomic mass is 10.0. The molecule has 2 fully saturated rings. The average Bonchev–Trinajstić information content (AvgIpc) is 2.87. The van der Waals surface area contributed by atoms with Gasteiger partial charge in [-0.2, -0.15) is 0 Å². The normalized spacial score (nSPS) is 20.8. The van der Waals surface area contributed by atoms with Gasteiger partial charge in [0, 0.05) is 32.6 Å². The van der Waals surface area contributed by atoms with Gasteiger partial charge in [-0.3, -0.25) is 9.59 Å². The van der Waals surface area contributed by atoms with Crippen molar-refractivity contribution in [2.75, 3.05) is 26.7 Å². The molecule has 21 heavy (non-hydrogen) atoms. The van der Waals surface area contributed by atoms with Gasteiger partial charge in [0.1, 0.15) is 5.25 Å². The lowest BCUT2D eigenvalue weighted by molar-refractivity contribution is -0.138. The van der Waals surface area contributed by atoms with Gasteiger partial charge in [0.25, 0.3) is 0 Å². The predicted octanol–water partition coefficient (Wildman–Crippen LogP) is 0.124. The Kier molecular flexibility index (Phi) is 4.88. The molecule has 1 aliphatic carbocycles. The van der Waals surface area contributed by atoms with Crippen LogP contribution in [0, 0.1) is 5.92 Å². The van der Waals surface area contributed by atoms with E-state index in [0.29, 0.717) is 0 Å². The zero-order valence-electron chi connectivity index (χ0n) is 12.2. The van der Waals surface area contributed by atoms with Crippen LogP contribution in [0.1, 0.15) is 32.1 Å². The number of amides is 1. The van der Waals surface area contributed by atoms with Gasteiger partial charge in [0.2, 0.25) is 15.9 Å². The minimum absolute atomic E-state index is 0.0370. The number of sulfonamides is 1. The Morgan fingerprint density at radius 3 is 2.33 bits per heavy atom. The fourth-order valence-corrected chi connectivity index (χ4v) is 4.46. The van der Waals surface area contributed by atoms with E-state index >= 15 is 0 Å². The molecule has 0 radical (unpaired) electrons. The van der Waals surface area contributed by atoms with Crippen LogP contribution in [0.2, 0.25) is 0 Å². The first-order valence-corrected chi connectivity index (χ1v) is 8.78. The van der Waals surface area contributed by atoms with Crippen molar-refractivity contribution in [3.05, 3.63) is 0 Å². The van der Waals surface area contributed by atoms with Crippen LogP contribution in [0.25, 0.3) is 0 Å². The smallest absolute Gasteiger partial charge is 0.304 e. The highest BCUT2D eigenvalue weighted by Gasteiger charge is 2.43. The van der Waals surface area contributed by atoms with E-state index in [1.54, 1.807) is 4.90 Å². The third-order valence-electron chi connectivity index (χ3n) is 4.36. The van der Waals surface area contributed by atoms with E-state index in [9.17, 15) is 18.0 Å². The summed E-state index contributed by atoms with van der Waals surface area (Å²) in [5.41, 5.74) is 0. The van der Waals surface area contributed by atoms with Crippen LogP contribution in [0.5, 0.6) is 0 Å². The molecular formula is C13H22N2O5S. The first-order valence-electron chi connectivity index (χ1n) is 7.28. The number of hydrogen-bond donors (Lipinski definition) is 1. The highest BCUT2D eigenvalue weighted by atomic mass is 32.2. The Labute approximate surface area is 125 Å². The van der Waals surface area contributed by atoms with E-state index in [2.05, 4.69) is 0 Å². The number of aliphatic carboxylic acids is 1. The van der Waals surface area contributed by atoms with Crippen molar-refractivity contribution in [3.8, 4) is 0 Å². The van der Waals surface area contributed by atoms with Gasteiger partial charge in [0.15, 0.2) is 0 Å². The molecule has 1 saturated carbocycles. The molecule has 1 heterocycles. The van der Waals surface area contributed by atoms with Gasteiger partial charge in [-0.1, -0.05) is 12.8 Å². The molecule has 2 rings (SSSR count). The van der Waals surface area contributed by atoms with Crippen molar-refractivity contribution < 1.29 is 23.1 Å². The van der Waals surface area contributed by atoms with Crippen LogP contribution in [-0.2, 0) is 19.6 Å². The van der Waals surface area contributed by atoms with E-state index in [0.717, 1.165) is 30.0 Å². The summed E-state index contributed by atoms with van der Waals surface area (Å²) in [4.78, 5) is 24.2. The second-order valence-corrected chi connectivity index (χ2v) is 8.18. The molecule has 0 unspecified atom stereocenters. The number of hydrogen-bond acceptors (Lipinski definition) is 4. The molecule has 1 amide bonds. The van der Waals surface area contributed by atoms with Crippen molar-refractivity contribution in [1.29, 1.82) is 0 Å². The Hall–Kier alpha value is -1.15. The highest BCUT2D eigenvalue weighted by molar-refractivity contribution is 7.89. The fraction of sp³-hybridized carbons (Fsp3) is 0.846. The van der Waals surface area contributed by atoms with Crippen LogP contribution >= 0.6 is 0 Å². The maximum absolute atomic E-state index is 12.2. The first kappa shape index (κ1) is 16.2. The third kappa shape index (κ3) is 3.55. The topological polar surface area (TPSA) is 95.0 Å². The summed E-state index contributed by atoms with van der Waals surface area (Å²) >= 11 is 0. The summed E-state index contributed by atoms with van der Waals surface area (Å²) in [6.45, 7) is 0.425. The molecule has 2 aliphatic rings. The lowest BCUT2D eigenvalue weighted by Crippen LogP contribution is -2.60. The van der Waals surface area contributed by atoms with Crippen LogP contribution < -0.4 is 0 Å². The Morgan fingerprint density at radius 2 is 1.81 bits per heavy atom. The zero-order valence-corrected chi connectivity index (χ0v) is 13.0. The molecule has 0 aromatic heterocycles. The van der Waals surface area contributed by atoms with Crippen molar-refractivity contribution in [2.24, 2.45) is 5.92 Å². The molecule has 7 nitrogen and oxygen atoms in total. The molecule has 0 spiro atoms. The molecule has 1 aliphatic heterocycles. The Morgan fingerprint density at radius 1 is 1.24 bits per heavy atom. The standard InChI is InChI=1S/C13H22N2O5S/c1-14(7-6-12(16)17)21(19,20)11-8-15(9-11)13(18)10-4-2-3-5-10/h10-11H,2-9H2,1H3,(H,16,17). The first-order chi connectivity index (χ1) is 9.82. The minimum atomic E-state index is -3.51. The van der Waals surface area contributed by atoms with Crippen LogP contribution in [0.4, 0.5) is 0 Å². The predicted molar refractivity (Wildman–Crippen MR) is 76.1 cm³/mol. The number of carbonyl (C=O) groups excluding carboxylic acids is 1. The van der Waals surface area contributed by atoms with Gasteiger partial charge < -0.3 is 10.0 Å². The summed E-state index contributed by atoms with van der Waals surface area (Å²) in [6.07, 6.45) is 3.75. The maximum Gasteiger partial charge on any atom is 0.304 e. The van der Waals surface area contributed by atoms with Crippen molar-refractivity contribution >= 4 is 21.9 Å². The fourth-order valence-electron chi connectivity index (χ4n) is 2.87. The van der Waals surface area contributed by atoms with E-state index in [1.807, 2.05) is 0 Å². The molecule has 1 N–H and O–H groups in total. The molecule has 0 aromatic rings. The number of rotatable bonds is 6. The third-order valence-corrected chi connectivity index (χ3v) is 6.55. The van der Waals surface area contributed by atoms with Crippen LogP contribution in [-0.4, -0.2) is 66.5 Å². The van der Waals surface area contributed by atoms with Gasteiger partial charge in [-0.25, -0.2) is 12.7 Å². The molecule has 1 saturated heterocycles. The van der Waals surface area contributed by atoms with E-state index in [1.165, 1.54) is 7.05 Å². The summed E-state index contributed by atoms with van der Waals surface area (Å²) in [5.74, 6) is -0.880. The highest BCUT2D eigenvalue weighted by Crippen LogP contribution is 2.29. The van der Waals surface area contributed by atoms with Crippen molar-refractivity contribution in [2.45, 2.75) is 37.4 Å². The molecule has 0 aromatic carbocycles. The molecule has 0 bridgehead atoms. The molecular weight excluding hydrogens is 296 g/mol. The van der Waals surface area contributed by atoms with E-state index < -0.39 is 21.2 Å². The van der Waals surface area contributed by atoms with Gasteiger partial charge in [0.05, 0.1) is 6.42 Å². The maximum atomic E-state index is 12.2. The lowest BCUT2D eigenvalue weighted by Gasteiger charge is -2.41. The minimum Gasteiger partial charge on any atom is -0.481 e. The van der Waals surface area contributed by atoms with Crippen LogP contribution in [0.3, 0.4) is 0 Å². The second kappa shape index (κ2) is 6.31. The van der Waals surface area contributed by atoms with Gasteiger partial charge in [-0.15, -0.1) is 0 Å². The largest absolute Gasteiger partial charge is 0.481 e. The number of carbonyl (C=O) groups is 2. The monoisotopic (exact) mass is 318 g/mol. The number of carboxylic acids is 1.